The fourth-order valence-corrected chi connectivity index (χ4v) is 2.28. The smallest absolute Gasteiger partial charge is 0.126 e. The van der Waals surface area contributed by atoms with E-state index in [1.165, 1.54) is 0 Å². The zero-order valence-corrected chi connectivity index (χ0v) is 12.8. The van der Waals surface area contributed by atoms with Crippen LogP contribution in [0, 0.1) is 13.8 Å². The van der Waals surface area contributed by atoms with E-state index < -0.39 is 0 Å². The van der Waals surface area contributed by atoms with Gasteiger partial charge in [0.25, 0.3) is 0 Å². The van der Waals surface area contributed by atoms with Gasteiger partial charge in [0, 0.05) is 11.1 Å². The van der Waals surface area contributed by atoms with Crippen LogP contribution in [0.25, 0.3) is 0 Å². The molecule has 0 radical (unpaired) electrons. The minimum absolute atomic E-state index is 0.219. The normalized spacial score (nSPS) is 11.7. The van der Waals surface area contributed by atoms with E-state index in [0.29, 0.717) is 5.75 Å². The molecular weight excluding hydrogens is 224 g/mol. The van der Waals surface area contributed by atoms with Crippen molar-refractivity contribution >= 4 is 0 Å². The Morgan fingerprint density at radius 2 is 1.44 bits per heavy atom. The first-order chi connectivity index (χ1) is 8.22. The summed E-state index contributed by atoms with van der Waals surface area (Å²) < 4.78 is 6.12. The lowest BCUT2D eigenvalue weighted by Crippen LogP contribution is -2.24. The highest BCUT2D eigenvalue weighted by atomic mass is 16.5. The van der Waals surface area contributed by atoms with E-state index in [4.69, 9.17) is 4.74 Å². The highest BCUT2D eigenvalue weighted by Crippen LogP contribution is 2.39. The number of rotatable bonds is 3. The molecule has 0 aromatic heterocycles. The number of ether oxygens (including phenoxy) is 1. The van der Waals surface area contributed by atoms with Crippen LogP contribution in [-0.2, 0) is 12.8 Å². The molecule has 0 unspecified atom stereocenters. The maximum atomic E-state index is 10.3. The number of hydrogen-bond donors (Lipinski definition) is 1. The molecule has 0 aliphatic carbocycles. The maximum Gasteiger partial charge on any atom is 0.126 e. The molecule has 0 saturated heterocycles. The van der Waals surface area contributed by atoms with E-state index in [1.807, 2.05) is 13.8 Å². The second-order valence-corrected chi connectivity index (χ2v) is 5.81. The summed E-state index contributed by atoms with van der Waals surface area (Å²) in [6, 6.07) is 0. The van der Waals surface area contributed by atoms with Crippen LogP contribution in [0.1, 0.15) is 56.9 Å². The van der Waals surface area contributed by atoms with Crippen molar-refractivity contribution in [2.24, 2.45) is 0 Å². The molecule has 0 saturated carbocycles. The van der Waals surface area contributed by atoms with Gasteiger partial charge in [-0.15, -0.1) is 0 Å². The molecule has 0 fully saturated rings. The third-order valence-corrected chi connectivity index (χ3v) is 3.30. The SMILES string of the molecule is CCc1c(O)c(C)c(C)c(OC(C)(C)C)c1CC. The molecule has 0 spiro atoms. The van der Waals surface area contributed by atoms with Crippen LogP contribution in [0.15, 0.2) is 0 Å². The predicted molar refractivity (Wildman–Crippen MR) is 76.7 cm³/mol. The van der Waals surface area contributed by atoms with Crippen molar-refractivity contribution in [3.63, 3.8) is 0 Å². The van der Waals surface area contributed by atoms with E-state index >= 15 is 0 Å². The molecule has 1 rings (SSSR count). The summed E-state index contributed by atoms with van der Waals surface area (Å²) in [6.07, 6.45) is 1.71. The van der Waals surface area contributed by atoms with Crippen molar-refractivity contribution in [3.05, 3.63) is 22.3 Å². The van der Waals surface area contributed by atoms with Gasteiger partial charge in [-0.3, -0.25) is 0 Å². The van der Waals surface area contributed by atoms with Crippen LogP contribution in [0.2, 0.25) is 0 Å². The van der Waals surface area contributed by atoms with Crippen LogP contribution in [0.5, 0.6) is 11.5 Å². The molecule has 18 heavy (non-hydrogen) atoms. The predicted octanol–water partition coefficient (Wildman–Crippen LogP) is 4.31. The summed E-state index contributed by atoms with van der Waals surface area (Å²) in [5, 5.41) is 10.3. The van der Waals surface area contributed by atoms with Gasteiger partial charge in [-0.05, 0) is 58.6 Å². The van der Waals surface area contributed by atoms with Crippen molar-refractivity contribution in [1.82, 2.24) is 0 Å². The zero-order chi connectivity index (χ0) is 14.1. The lowest BCUT2D eigenvalue weighted by atomic mass is 9.93. The summed E-state index contributed by atoms with van der Waals surface area (Å²) in [5.41, 5.74) is 3.94. The molecule has 0 bridgehead atoms. The Kier molecular flexibility index (Phi) is 4.31. The molecule has 102 valence electrons. The van der Waals surface area contributed by atoms with Gasteiger partial charge < -0.3 is 9.84 Å². The highest BCUT2D eigenvalue weighted by Gasteiger charge is 2.22. The average molecular weight is 250 g/mol. The molecule has 1 aromatic carbocycles. The third-order valence-electron chi connectivity index (χ3n) is 3.30. The minimum atomic E-state index is -0.219. The van der Waals surface area contributed by atoms with E-state index in [0.717, 1.165) is 40.8 Å². The van der Waals surface area contributed by atoms with Gasteiger partial charge >= 0.3 is 0 Å². The van der Waals surface area contributed by atoms with E-state index in [1.54, 1.807) is 0 Å². The Bertz CT molecular complexity index is 440. The van der Waals surface area contributed by atoms with Crippen molar-refractivity contribution in [2.45, 2.75) is 66.9 Å². The number of phenolic OH excluding ortho intramolecular Hbond substituents is 1. The van der Waals surface area contributed by atoms with E-state index in [9.17, 15) is 5.11 Å². The van der Waals surface area contributed by atoms with Crippen LogP contribution in [-0.4, -0.2) is 10.7 Å². The van der Waals surface area contributed by atoms with Gasteiger partial charge in [-0.2, -0.15) is 0 Å². The van der Waals surface area contributed by atoms with Gasteiger partial charge in [0.2, 0.25) is 0 Å². The van der Waals surface area contributed by atoms with Crippen LogP contribution in [0.4, 0.5) is 0 Å². The first kappa shape index (κ1) is 14.9. The van der Waals surface area contributed by atoms with Crippen molar-refractivity contribution < 1.29 is 9.84 Å². The van der Waals surface area contributed by atoms with Crippen LogP contribution in [0.3, 0.4) is 0 Å². The maximum absolute atomic E-state index is 10.3. The van der Waals surface area contributed by atoms with Crippen molar-refractivity contribution in [3.8, 4) is 11.5 Å². The lowest BCUT2D eigenvalue weighted by Gasteiger charge is -2.27. The molecular formula is C16H26O2. The zero-order valence-electron chi connectivity index (χ0n) is 12.8. The Hall–Kier alpha value is -1.18. The fraction of sp³-hybridized carbons (Fsp3) is 0.625. The van der Waals surface area contributed by atoms with Gasteiger partial charge in [0.1, 0.15) is 17.1 Å². The minimum Gasteiger partial charge on any atom is -0.507 e. The van der Waals surface area contributed by atoms with Gasteiger partial charge in [0.15, 0.2) is 0 Å². The van der Waals surface area contributed by atoms with Crippen LogP contribution >= 0.6 is 0 Å². The molecule has 0 atom stereocenters. The average Bonchev–Trinajstić information content (AvgIpc) is 2.28. The number of phenols is 1. The number of aromatic hydroxyl groups is 1. The second-order valence-electron chi connectivity index (χ2n) is 5.81. The molecule has 0 heterocycles. The van der Waals surface area contributed by atoms with Gasteiger partial charge in [-0.25, -0.2) is 0 Å². The van der Waals surface area contributed by atoms with Crippen molar-refractivity contribution in [2.75, 3.05) is 0 Å². The quantitative estimate of drug-likeness (QED) is 0.866. The Morgan fingerprint density at radius 3 is 1.83 bits per heavy atom. The molecule has 0 aliphatic rings. The first-order valence-electron chi connectivity index (χ1n) is 6.75. The largest absolute Gasteiger partial charge is 0.507 e. The molecule has 1 aromatic rings. The van der Waals surface area contributed by atoms with E-state index in [-0.39, 0.29) is 5.60 Å². The summed E-state index contributed by atoms with van der Waals surface area (Å²) in [4.78, 5) is 0. The van der Waals surface area contributed by atoms with Crippen molar-refractivity contribution in [1.29, 1.82) is 0 Å². The van der Waals surface area contributed by atoms with Gasteiger partial charge in [-0.1, -0.05) is 13.8 Å². The fourth-order valence-electron chi connectivity index (χ4n) is 2.28. The standard InChI is InChI=1S/C16H26O2/c1-8-12-13(9-2)15(18-16(5,6)7)11(4)10(3)14(12)17/h17H,8-9H2,1-7H3. The molecule has 0 aliphatic heterocycles. The Labute approximate surface area is 111 Å². The summed E-state index contributed by atoms with van der Waals surface area (Å²) in [6.45, 7) is 14.3. The van der Waals surface area contributed by atoms with Crippen LogP contribution < -0.4 is 4.74 Å². The monoisotopic (exact) mass is 250 g/mol. The second kappa shape index (κ2) is 5.21. The Balaban J connectivity index is 3.53. The summed E-state index contributed by atoms with van der Waals surface area (Å²) in [7, 11) is 0. The summed E-state index contributed by atoms with van der Waals surface area (Å²) in [5.74, 6) is 1.39. The molecule has 2 heteroatoms. The molecule has 0 amide bonds. The third kappa shape index (κ3) is 2.80. The first-order valence-corrected chi connectivity index (χ1v) is 6.75. The number of hydrogen-bond acceptors (Lipinski definition) is 2. The summed E-state index contributed by atoms with van der Waals surface area (Å²) >= 11 is 0. The van der Waals surface area contributed by atoms with Gasteiger partial charge in [0.05, 0.1) is 0 Å². The molecule has 1 N–H and O–H groups in total. The van der Waals surface area contributed by atoms with E-state index in [2.05, 4.69) is 34.6 Å². The highest BCUT2D eigenvalue weighted by molar-refractivity contribution is 5.58. The topological polar surface area (TPSA) is 29.5 Å². The molecule has 2 nitrogen and oxygen atoms in total. The lowest BCUT2D eigenvalue weighted by molar-refractivity contribution is 0.128. The number of benzene rings is 1. The Morgan fingerprint density at radius 1 is 0.944 bits per heavy atom.